The first-order valence-electron chi connectivity index (χ1n) is 8.90. The number of hydrogen-bond acceptors (Lipinski definition) is 4. The van der Waals surface area contributed by atoms with Crippen molar-refractivity contribution in [1.29, 1.82) is 5.26 Å². The number of piperidine rings is 1. The highest BCUT2D eigenvalue weighted by molar-refractivity contribution is 5.94. The third kappa shape index (κ3) is 3.07. The van der Waals surface area contributed by atoms with Crippen LogP contribution in [0.2, 0.25) is 0 Å². The lowest BCUT2D eigenvalue weighted by Crippen LogP contribution is -2.67. The molecule has 136 valence electrons. The number of hydrogen-bond donors (Lipinski definition) is 1. The quantitative estimate of drug-likeness (QED) is 0.884. The number of ether oxygens (including phenoxy) is 1. The highest BCUT2D eigenvalue weighted by Crippen LogP contribution is 2.37. The molecule has 2 heterocycles. The molecule has 0 bridgehead atoms. The summed E-state index contributed by atoms with van der Waals surface area (Å²) in [4.78, 5) is 26.7. The summed E-state index contributed by atoms with van der Waals surface area (Å²) >= 11 is 0. The van der Waals surface area contributed by atoms with Crippen molar-refractivity contribution in [3.63, 3.8) is 0 Å². The molecule has 2 aromatic carbocycles. The summed E-state index contributed by atoms with van der Waals surface area (Å²) in [6.45, 7) is 0.903. The number of amides is 2. The Balaban J connectivity index is 1.59. The Morgan fingerprint density at radius 3 is 2.63 bits per heavy atom. The Morgan fingerprint density at radius 1 is 1.19 bits per heavy atom. The number of nitrogens with one attached hydrogen (secondary N) is 1. The molecule has 27 heavy (non-hydrogen) atoms. The van der Waals surface area contributed by atoms with E-state index in [0.717, 1.165) is 5.56 Å². The number of rotatable bonds is 2. The third-order valence-corrected chi connectivity index (χ3v) is 5.33. The number of nitriles is 1. The van der Waals surface area contributed by atoms with E-state index >= 15 is 0 Å². The van der Waals surface area contributed by atoms with Crippen LogP contribution in [0.25, 0.3) is 0 Å². The minimum absolute atomic E-state index is 0.00184. The zero-order valence-corrected chi connectivity index (χ0v) is 14.7. The Morgan fingerprint density at radius 2 is 1.93 bits per heavy atom. The molecule has 0 saturated carbocycles. The van der Waals surface area contributed by atoms with Crippen LogP contribution in [0.4, 0.5) is 0 Å². The van der Waals surface area contributed by atoms with Crippen LogP contribution in [0.3, 0.4) is 0 Å². The van der Waals surface area contributed by atoms with Crippen LogP contribution >= 0.6 is 0 Å². The third-order valence-electron chi connectivity index (χ3n) is 5.33. The lowest BCUT2D eigenvalue weighted by Gasteiger charge is -2.50. The van der Waals surface area contributed by atoms with Crippen molar-refractivity contribution in [3.8, 4) is 6.07 Å². The summed E-state index contributed by atoms with van der Waals surface area (Å²) in [7, 11) is 0. The van der Waals surface area contributed by atoms with Gasteiger partial charge in [0, 0.05) is 18.7 Å². The number of likely N-dealkylation sites (tertiary alicyclic amines) is 1. The Hall–Kier alpha value is -3.17. The fourth-order valence-corrected chi connectivity index (χ4v) is 3.91. The van der Waals surface area contributed by atoms with Gasteiger partial charge in [0.25, 0.3) is 5.91 Å². The molecular weight excluding hydrogens is 342 g/mol. The first-order chi connectivity index (χ1) is 13.1. The van der Waals surface area contributed by atoms with E-state index < -0.39 is 5.54 Å². The van der Waals surface area contributed by atoms with Crippen molar-refractivity contribution in [3.05, 3.63) is 71.3 Å². The summed E-state index contributed by atoms with van der Waals surface area (Å²) in [5.41, 5.74) is 1.44. The monoisotopic (exact) mass is 361 g/mol. The standard InChI is InChI=1S/C21H19N3O3/c22-12-15-6-8-16(9-7-15)20(26)24-11-10-21(17-4-2-1-3-5-17)18(13-24)27-14-19(25)23-21/h1-9,18H,10-11,13-14H2,(H,23,25)/t18-,21+/m1/s1. The van der Waals surface area contributed by atoms with Gasteiger partial charge in [-0.2, -0.15) is 5.26 Å². The van der Waals surface area contributed by atoms with Crippen LogP contribution in [0.15, 0.2) is 54.6 Å². The molecule has 1 N–H and O–H groups in total. The second-order valence-corrected chi connectivity index (χ2v) is 6.88. The molecule has 0 radical (unpaired) electrons. The second kappa shape index (κ2) is 6.86. The van der Waals surface area contributed by atoms with Crippen LogP contribution in [-0.2, 0) is 15.1 Å². The van der Waals surface area contributed by atoms with E-state index in [1.165, 1.54) is 0 Å². The van der Waals surface area contributed by atoms with E-state index in [9.17, 15) is 9.59 Å². The molecule has 2 amide bonds. The van der Waals surface area contributed by atoms with Gasteiger partial charge in [0.05, 0.1) is 17.2 Å². The van der Waals surface area contributed by atoms with Crippen molar-refractivity contribution in [1.82, 2.24) is 10.2 Å². The molecule has 2 aromatic rings. The topological polar surface area (TPSA) is 82.4 Å². The number of benzene rings is 2. The van der Waals surface area contributed by atoms with Crippen molar-refractivity contribution in [2.45, 2.75) is 18.1 Å². The normalized spacial score (nSPS) is 24.5. The van der Waals surface area contributed by atoms with Gasteiger partial charge in [-0.25, -0.2) is 0 Å². The van der Waals surface area contributed by atoms with Crippen LogP contribution in [0.5, 0.6) is 0 Å². The zero-order chi connectivity index (χ0) is 18.9. The number of carbonyl (C=O) groups excluding carboxylic acids is 2. The second-order valence-electron chi connectivity index (χ2n) is 6.88. The van der Waals surface area contributed by atoms with Crippen LogP contribution in [0, 0.1) is 11.3 Å². The van der Waals surface area contributed by atoms with E-state index in [1.54, 1.807) is 29.2 Å². The largest absolute Gasteiger partial charge is 0.364 e. The predicted molar refractivity (Wildman–Crippen MR) is 97.7 cm³/mol. The summed E-state index contributed by atoms with van der Waals surface area (Å²) in [6, 6.07) is 18.5. The van der Waals surface area contributed by atoms with Crippen molar-refractivity contribution < 1.29 is 14.3 Å². The molecule has 2 fully saturated rings. The lowest BCUT2D eigenvalue weighted by atomic mass is 9.77. The number of nitrogens with zero attached hydrogens (tertiary/aromatic N) is 2. The van der Waals surface area contributed by atoms with Crippen LogP contribution in [-0.4, -0.2) is 42.5 Å². The maximum absolute atomic E-state index is 12.9. The van der Waals surface area contributed by atoms with Gasteiger partial charge in [0.2, 0.25) is 5.91 Å². The Bertz CT molecular complexity index is 905. The van der Waals surface area contributed by atoms with Gasteiger partial charge in [-0.05, 0) is 36.2 Å². The van der Waals surface area contributed by atoms with Gasteiger partial charge in [0.1, 0.15) is 12.7 Å². The van der Waals surface area contributed by atoms with E-state index in [-0.39, 0.29) is 24.5 Å². The molecule has 2 aliphatic heterocycles. The number of fused-ring (bicyclic) bond motifs is 1. The molecule has 2 aliphatic rings. The van der Waals surface area contributed by atoms with Gasteiger partial charge in [0.15, 0.2) is 0 Å². The maximum atomic E-state index is 12.9. The average molecular weight is 361 g/mol. The highest BCUT2D eigenvalue weighted by atomic mass is 16.5. The molecule has 2 saturated heterocycles. The lowest BCUT2D eigenvalue weighted by molar-refractivity contribution is -0.150. The molecule has 6 nitrogen and oxygen atoms in total. The first-order valence-corrected chi connectivity index (χ1v) is 8.90. The summed E-state index contributed by atoms with van der Waals surface area (Å²) in [5.74, 6) is -0.233. The zero-order valence-electron chi connectivity index (χ0n) is 14.7. The van der Waals surface area contributed by atoms with E-state index in [0.29, 0.717) is 30.6 Å². The highest BCUT2D eigenvalue weighted by Gasteiger charge is 2.49. The van der Waals surface area contributed by atoms with Gasteiger partial charge in [-0.15, -0.1) is 0 Å². The SMILES string of the molecule is N#Cc1ccc(C(=O)N2CC[C@@]3(c4ccccc4)NC(=O)CO[C@@H]3C2)cc1. The van der Waals surface area contributed by atoms with Gasteiger partial charge >= 0.3 is 0 Å². The average Bonchev–Trinajstić information content (AvgIpc) is 2.73. The van der Waals surface area contributed by atoms with Crippen molar-refractivity contribution in [2.75, 3.05) is 19.7 Å². The number of morpholine rings is 1. The van der Waals surface area contributed by atoms with Crippen molar-refractivity contribution >= 4 is 11.8 Å². The van der Waals surface area contributed by atoms with Crippen LogP contribution in [0.1, 0.15) is 27.9 Å². The maximum Gasteiger partial charge on any atom is 0.253 e. The van der Waals surface area contributed by atoms with E-state index in [4.69, 9.17) is 10.00 Å². The molecular formula is C21H19N3O3. The van der Waals surface area contributed by atoms with Crippen molar-refractivity contribution in [2.24, 2.45) is 0 Å². The number of carbonyl (C=O) groups is 2. The minimum atomic E-state index is -0.613. The molecule has 4 rings (SSSR count). The van der Waals surface area contributed by atoms with E-state index in [1.807, 2.05) is 30.3 Å². The molecule has 2 atom stereocenters. The smallest absolute Gasteiger partial charge is 0.253 e. The first kappa shape index (κ1) is 17.3. The van der Waals surface area contributed by atoms with Gasteiger partial charge in [-0.3, -0.25) is 9.59 Å². The summed E-state index contributed by atoms with van der Waals surface area (Å²) in [6.07, 6.45) is 0.267. The summed E-state index contributed by atoms with van der Waals surface area (Å²) < 4.78 is 5.86. The fraction of sp³-hybridized carbons (Fsp3) is 0.286. The minimum Gasteiger partial charge on any atom is -0.364 e. The molecule has 6 heteroatoms. The van der Waals surface area contributed by atoms with Crippen LogP contribution < -0.4 is 5.32 Å². The Kier molecular flexibility index (Phi) is 4.38. The molecule has 0 aromatic heterocycles. The fourth-order valence-electron chi connectivity index (χ4n) is 3.91. The van der Waals surface area contributed by atoms with Gasteiger partial charge < -0.3 is 15.0 Å². The van der Waals surface area contributed by atoms with E-state index in [2.05, 4.69) is 11.4 Å². The Labute approximate surface area is 157 Å². The molecule has 0 unspecified atom stereocenters. The predicted octanol–water partition coefficient (Wildman–Crippen LogP) is 1.81. The molecule has 0 aliphatic carbocycles. The molecule has 0 spiro atoms. The summed E-state index contributed by atoms with van der Waals surface area (Å²) in [5, 5.41) is 12.0. The van der Waals surface area contributed by atoms with Gasteiger partial charge in [-0.1, -0.05) is 30.3 Å².